The van der Waals surface area contributed by atoms with Gasteiger partial charge in [-0.1, -0.05) is 43.4 Å². The molecule has 0 saturated carbocycles. The summed E-state index contributed by atoms with van der Waals surface area (Å²) in [6.45, 7) is 6.84. The maximum Gasteiger partial charge on any atom is 0.0609 e. The van der Waals surface area contributed by atoms with Crippen LogP contribution in [-0.2, 0) is 0 Å². The third-order valence-corrected chi connectivity index (χ3v) is 2.99. The molecule has 0 aromatic carbocycles. The van der Waals surface area contributed by atoms with E-state index in [0.29, 0.717) is 0 Å². The molecule has 0 aromatic rings. The minimum absolute atomic E-state index is 0.736. The van der Waals surface area contributed by atoms with Crippen LogP contribution < -0.4 is 5.73 Å². The first kappa shape index (κ1) is 15.2. The van der Waals surface area contributed by atoms with Crippen LogP contribution in [0.25, 0.3) is 0 Å². The van der Waals surface area contributed by atoms with Gasteiger partial charge in [0.25, 0.3) is 0 Å². The number of hydrogen-bond donors (Lipinski definition) is 1. The van der Waals surface area contributed by atoms with Gasteiger partial charge in [0.05, 0.1) is 18.0 Å². The van der Waals surface area contributed by atoms with Crippen LogP contribution in [0.15, 0.2) is 64.4 Å². The van der Waals surface area contributed by atoms with E-state index in [0.717, 1.165) is 36.4 Å². The summed E-state index contributed by atoms with van der Waals surface area (Å²) in [4.78, 5) is 4.54. The second-order valence-corrected chi connectivity index (χ2v) is 4.56. The van der Waals surface area contributed by atoms with Crippen molar-refractivity contribution in [3.05, 3.63) is 59.4 Å². The molecule has 0 amide bonds. The van der Waals surface area contributed by atoms with E-state index in [9.17, 15) is 0 Å². The first-order valence-corrected chi connectivity index (χ1v) is 6.83. The van der Waals surface area contributed by atoms with Crippen molar-refractivity contribution in [2.75, 3.05) is 6.54 Å². The first-order chi connectivity index (χ1) is 9.17. The van der Waals surface area contributed by atoms with Gasteiger partial charge in [-0.2, -0.15) is 0 Å². The van der Waals surface area contributed by atoms with Crippen LogP contribution in [0.3, 0.4) is 0 Å². The smallest absolute Gasteiger partial charge is 0.0609 e. The lowest BCUT2D eigenvalue weighted by Crippen LogP contribution is -2.09. The summed E-state index contributed by atoms with van der Waals surface area (Å²) >= 11 is 0. The third kappa shape index (κ3) is 5.56. The molecule has 1 aliphatic carbocycles. The van der Waals surface area contributed by atoms with Crippen molar-refractivity contribution < 1.29 is 0 Å². The van der Waals surface area contributed by atoms with Gasteiger partial charge in [-0.3, -0.25) is 4.99 Å². The molecule has 0 aliphatic heterocycles. The molecule has 102 valence electrons. The molecular weight excluding hydrogens is 232 g/mol. The molecule has 19 heavy (non-hydrogen) atoms. The molecule has 0 bridgehead atoms. The Hall–Kier alpha value is -1.83. The van der Waals surface area contributed by atoms with Gasteiger partial charge in [0, 0.05) is 0 Å². The van der Waals surface area contributed by atoms with Crippen LogP contribution >= 0.6 is 0 Å². The summed E-state index contributed by atoms with van der Waals surface area (Å²) in [5, 5.41) is 0. The number of allylic oxidation sites excluding steroid dienone is 9. The fourth-order valence-corrected chi connectivity index (χ4v) is 1.69. The van der Waals surface area contributed by atoms with Crippen LogP contribution in [0, 0.1) is 0 Å². The van der Waals surface area contributed by atoms with Crippen molar-refractivity contribution in [2.24, 2.45) is 10.7 Å². The molecule has 0 fully saturated rings. The van der Waals surface area contributed by atoms with Gasteiger partial charge in [-0.05, 0) is 43.9 Å². The Balaban J connectivity index is 2.66. The van der Waals surface area contributed by atoms with Crippen molar-refractivity contribution in [3.63, 3.8) is 0 Å². The average molecular weight is 256 g/mol. The van der Waals surface area contributed by atoms with Crippen LogP contribution in [0.2, 0.25) is 0 Å². The van der Waals surface area contributed by atoms with Crippen LogP contribution in [-0.4, -0.2) is 12.3 Å². The Labute approximate surface area is 116 Å². The summed E-state index contributed by atoms with van der Waals surface area (Å²) in [7, 11) is 0. The second kappa shape index (κ2) is 8.30. The maximum atomic E-state index is 6.07. The standard InChI is InChI=1S/C17H24N2/c1-4-6-9-15(5-2)12-17(18)14(3)19-13-16-10-7-8-11-16/h5-10,12H,4,11,13,18H2,1-3H3/b9-6-,15-5-,17-12+,19-14?. The van der Waals surface area contributed by atoms with Gasteiger partial charge in [-0.15, -0.1) is 0 Å². The molecule has 0 unspecified atom stereocenters. The predicted octanol–water partition coefficient (Wildman–Crippen LogP) is 4.09. The zero-order valence-electron chi connectivity index (χ0n) is 12.2. The number of nitrogens with zero attached hydrogens (tertiary/aromatic N) is 1. The van der Waals surface area contributed by atoms with Gasteiger partial charge in [0.2, 0.25) is 0 Å². The highest BCUT2D eigenvalue weighted by atomic mass is 14.8. The fourth-order valence-electron chi connectivity index (χ4n) is 1.69. The molecule has 0 aromatic heterocycles. The zero-order valence-corrected chi connectivity index (χ0v) is 12.2. The van der Waals surface area contributed by atoms with Gasteiger partial charge in [-0.25, -0.2) is 0 Å². The molecule has 0 heterocycles. The van der Waals surface area contributed by atoms with Crippen molar-refractivity contribution in [1.82, 2.24) is 0 Å². The molecule has 0 radical (unpaired) electrons. The zero-order chi connectivity index (χ0) is 14.1. The molecule has 1 aliphatic rings. The van der Waals surface area contributed by atoms with E-state index in [1.807, 2.05) is 19.9 Å². The number of hydrogen-bond acceptors (Lipinski definition) is 2. The molecule has 2 nitrogen and oxygen atoms in total. The molecule has 2 N–H and O–H groups in total. The van der Waals surface area contributed by atoms with E-state index in [4.69, 9.17) is 5.73 Å². The first-order valence-electron chi connectivity index (χ1n) is 6.83. The largest absolute Gasteiger partial charge is 0.397 e. The summed E-state index contributed by atoms with van der Waals surface area (Å²) in [5.41, 5.74) is 10.2. The Morgan fingerprint density at radius 2 is 2.26 bits per heavy atom. The molecule has 0 atom stereocenters. The van der Waals surface area contributed by atoms with Gasteiger partial charge >= 0.3 is 0 Å². The Morgan fingerprint density at radius 1 is 1.47 bits per heavy atom. The normalized spacial score (nSPS) is 17.4. The molecule has 1 rings (SSSR count). The van der Waals surface area contributed by atoms with Gasteiger partial charge in [0.1, 0.15) is 0 Å². The van der Waals surface area contributed by atoms with Crippen molar-refractivity contribution in [3.8, 4) is 0 Å². The molecule has 2 heteroatoms. The lowest BCUT2D eigenvalue weighted by atomic mass is 10.1. The Morgan fingerprint density at radius 3 is 2.84 bits per heavy atom. The number of rotatable bonds is 6. The van der Waals surface area contributed by atoms with Crippen molar-refractivity contribution in [2.45, 2.75) is 33.6 Å². The SMILES string of the molecule is C/C=C(/C=C\CC)\C=C(\N)C(C)=NCC1=CC=CC1. The summed E-state index contributed by atoms with van der Waals surface area (Å²) in [6.07, 6.45) is 16.6. The summed E-state index contributed by atoms with van der Waals surface area (Å²) in [6, 6.07) is 0. The van der Waals surface area contributed by atoms with Crippen molar-refractivity contribution >= 4 is 5.71 Å². The summed E-state index contributed by atoms with van der Waals surface area (Å²) < 4.78 is 0. The highest BCUT2D eigenvalue weighted by Crippen LogP contribution is 2.11. The highest BCUT2D eigenvalue weighted by molar-refractivity contribution is 5.97. The Kier molecular flexibility index (Phi) is 6.65. The fraction of sp³-hybridized carbons (Fsp3) is 0.353. The third-order valence-electron chi connectivity index (χ3n) is 2.99. The minimum Gasteiger partial charge on any atom is -0.397 e. The van der Waals surface area contributed by atoms with Gasteiger partial charge < -0.3 is 5.73 Å². The van der Waals surface area contributed by atoms with Crippen molar-refractivity contribution in [1.29, 1.82) is 0 Å². The number of nitrogens with two attached hydrogens (primary N) is 1. The average Bonchev–Trinajstić information content (AvgIpc) is 2.93. The van der Waals surface area contributed by atoms with E-state index in [2.05, 4.69) is 48.4 Å². The monoisotopic (exact) mass is 256 g/mol. The lowest BCUT2D eigenvalue weighted by Gasteiger charge is -2.03. The molecular formula is C17H24N2. The van der Waals surface area contributed by atoms with E-state index in [1.165, 1.54) is 5.57 Å². The summed E-state index contributed by atoms with van der Waals surface area (Å²) in [5.74, 6) is 0. The Bertz CT molecular complexity index is 471. The molecule has 0 saturated heterocycles. The predicted molar refractivity (Wildman–Crippen MR) is 85.3 cm³/mol. The maximum absolute atomic E-state index is 6.07. The van der Waals surface area contributed by atoms with Crippen LogP contribution in [0.4, 0.5) is 0 Å². The minimum atomic E-state index is 0.736. The quantitative estimate of drug-likeness (QED) is 0.564. The van der Waals surface area contributed by atoms with Crippen LogP contribution in [0.1, 0.15) is 33.6 Å². The van der Waals surface area contributed by atoms with E-state index in [-0.39, 0.29) is 0 Å². The lowest BCUT2D eigenvalue weighted by molar-refractivity contribution is 1.08. The van der Waals surface area contributed by atoms with E-state index < -0.39 is 0 Å². The topological polar surface area (TPSA) is 38.4 Å². The molecule has 0 spiro atoms. The highest BCUT2D eigenvalue weighted by Gasteiger charge is 2.00. The number of aliphatic imine (C=N–C) groups is 1. The van der Waals surface area contributed by atoms with E-state index >= 15 is 0 Å². The van der Waals surface area contributed by atoms with E-state index in [1.54, 1.807) is 0 Å². The van der Waals surface area contributed by atoms with Gasteiger partial charge in [0.15, 0.2) is 0 Å². The van der Waals surface area contributed by atoms with Crippen LogP contribution in [0.5, 0.6) is 0 Å². The second-order valence-electron chi connectivity index (χ2n) is 4.56.